The molecule has 0 saturated heterocycles. The van der Waals surface area contributed by atoms with Crippen LogP contribution in [0.15, 0.2) is 60.7 Å². The normalized spacial score (nSPS) is 13.1. The van der Waals surface area contributed by atoms with Crippen LogP contribution in [0.25, 0.3) is 0 Å². The van der Waals surface area contributed by atoms with Crippen molar-refractivity contribution in [3.63, 3.8) is 0 Å². The number of Topliss-reactive ketones (excluding diaryl/α,β-unsaturated/α-hetero) is 1. The molecule has 1 atom stereocenters. The molecule has 0 bridgehead atoms. The highest BCUT2D eigenvalue weighted by atomic mass is 16.5. The summed E-state index contributed by atoms with van der Waals surface area (Å²) in [6.45, 7) is 7.52. The van der Waals surface area contributed by atoms with Crippen molar-refractivity contribution < 1.29 is 19.7 Å². The Labute approximate surface area is 150 Å². The van der Waals surface area contributed by atoms with E-state index >= 15 is 0 Å². The molecule has 2 rings (SSSR count). The Bertz CT molecular complexity index is 617. The van der Waals surface area contributed by atoms with E-state index in [4.69, 9.17) is 4.74 Å². The summed E-state index contributed by atoms with van der Waals surface area (Å²) < 4.78 is 5.25. The van der Waals surface area contributed by atoms with Crippen molar-refractivity contribution in [1.82, 2.24) is 0 Å². The summed E-state index contributed by atoms with van der Waals surface area (Å²) in [4.78, 5) is 12.3. The van der Waals surface area contributed by atoms with Gasteiger partial charge < -0.3 is 14.9 Å². The van der Waals surface area contributed by atoms with Gasteiger partial charge in [-0.25, -0.2) is 0 Å². The van der Waals surface area contributed by atoms with Gasteiger partial charge in [0.15, 0.2) is 5.60 Å². The zero-order valence-electron chi connectivity index (χ0n) is 15.3. The number of carbonyl (C=O) groups excluding carboxylic acids is 1. The van der Waals surface area contributed by atoms with Gasteiger partial charge in [0.2, 0.25) is 5.78 Å². The first-order chi connectivity index (χ1) is 11.8. The first-order valence-corrected chi connectivity index (χ1v) is 8.45. The van der Waals surface area contributed by atoms with Gasteiger partial charge in [-0.05, 0) is 33.3 Å². The predicted octanol–water partition coefficient (Wildman–Crippen LogP) is 3.57. The number of hydrogen-bond acceptors (Lipinski definition) is 4. The van der Waals surface area contributed by atoms with Crippen molar-refractivity contribution in [3.05, 3.63) is 71.8 Å². The number of rotatable bonds is 6. The molecule has 0 amide bonds. The van der Waals surface area contributed by atoms with Crippen LogP contribution in [0.5, 0.6) is 0 Å². The number of ether oxygens (including phenoxy) is 1. The lowest BCUT2D eigenvalue weighted by atomic mass is 9.87. The molecule has 1 unspecified atom stereocenters. The Morgan fingerprint density at radius 3 is 1.72 bits per heavy atom. The second-order valence-electron chi connectivity index (χ2n) is 6.31. The van der Waals surface area contributed by atoms with Crippen LogP contribution in [0.1, 0.15) is 43.6 Å². The minimum atomic E-state index is -1.89. The van der Waals surface area contributed by atoms with Crippen LogP contribution in [-0.4, -0.2) is 34.8 Å². The molecule has 0 aliphatic carbocycles. The lowest BCUT2D eigenvalue weighted by molar-refractivity contribution is -0.00400. The van der Waals surface area contributed by atoms with Crippen molar-refractivity contribution in [1.29, 1.82) is 0 Å². The van der Waals surface area contributed by atoms with E-state index in [2.05, 4.69) is 0 Å². The zero-order chi connectivity index (χ0) is 18.9. The SMILES string of the molecule is CC(C)OC(C)C.O=C(c1ccccc1)C(O)(CO)c1ccccc1. The van der Waals surface area contributed by atoms with E-state index in [0.717, 1.165) is 0 Å². The van der Waals surface area contributed by atoms with Gasteiger partial charge in [0.25, 0.3) is 0 Å². The summed E-state index contributed by atoms with van der Waals surface area (Å²) in [6.07, 6.45) is 0.750. The second kappa shape index (κ2) is 10.1. The van der Waals surface area contributed by atoms with Gasteiger partial charge in [-0.2, -0.15) is 0 Å². The molecule has 0 saturated carbocycles. The third-order valence-corrected chi connectivity index (χ3v) is 3.44. The lowest BCUT2D eigenvalue weighted by Crippen LogP contribution is -2.39. The maximum absolute atomic E-state index is 12.3. The molecule has 0 radical (unpaired) electrons. The molecule has 4 nitrogen and oxygen atoms in total. The second-order valence-corrected chi connectivity index (χ2v) is 6.31. The molecule has 0 aliphatic heterocycles. The van der Waals surface area contributed by atoms with E-state index in [1.165, 1.54) is 0 Å². The number of carbonyl (C=O) groups is 1. The lowest BCUT2D eigenvalue weighted by Gasteiger charge is -2.24. The van der Waals surface area contributed by atoms with E-state index in [9.17, 15) is 15.0 Å². The molecule has 2 aromatic rings. The molecular weight excluding hydrogens is 316 g/mol. The molecule has 0 aliphatic rings. The van der Waals surface area contributed by atoms with Gasteiger partial charge in [-0.3, -0.25) is 4.79 Å². The van der Waals surface area contributed by atoms with Crippen LogP contribution in [0, 0.1) is 0 Å². The summed E-state index contributed by atoms with van der Waals surface area (Å²) in [5, 5.41) is 19.8. The monoisotopic (exact) mass is 344 g/mol. The van der Waals surface area contributed by atoms with Gasteiger partial charge >= 0.3 is 0 Å². The fourth-order valence-electron chi connectivity index (χ4n) is 2.38. The molecular formula is C21H28O4. The maximum Gasteiger partial charge on any atom is 0.201 e. The van der Waals surface area contributed by atoms with Crippen LogP contribution < -0.4 is 0 Å². The van der Waals surface area contributed by atoms with Crippen LogP contribution in [0.3, 0.4) is 0 Å². The van der Waals surface area contributed by atoms with Crippen LogP contribution in [-0.2, 0) is 10.3 Å². The molecule has 0 fully saturated rings. The van der Waals surface area contributed by atoms with E-state index < -0.39 is 18.0 Å². The fraction of sp³-hybridized carbons (Fsp3) is 0.381. The van der Waals surface area contributed by atoms with E-state index in [1.807, 2.05) is 27.7 Å². The smallest absolute Gasteiger partial charge is 0.201 e. The van der Waals surface area contributed by atoms with Gasteiger partial charge in [0, 0.05) is 5.56 Å². The van der Waals surface area contributed by atoms with E-state index in [1.54, 1.807) is 60.7 Å². The van der Waals surface area contributed by atoms with E-state index in [-0.39, 0.29) is 0 Å². The zero-order valence-corrected chi connectivity index (χ0v) is 15.3. The number of hydrogen-bond donors (Lipinski definition) is 2. The summed E-state index contributed by atoms with van der Waals surface area (Å²) in [7, 11) is 0. The van der Waals surface area contributed by atoms with Gasteiger partial charge in [0.05, 0.1) is 18.8 Å². The molecule has 4 heteroatoms. The number of aliphatic hydroxyl groups is 2. The third kappa shape index (κ3) is 6.42. The van der Waals surface area contributed by atoms with Crippen molar-refractivity contribution in [3.8, 4) is 0 Å². The largest absolute Gasteiger partial charge is 0.393 e. The Kier molecular flexibility index (Phi) is 8.49. The highest BCUT2D eigenvalue weighted by Gasteiger charge is 2.37. The molecule has 0 heterocycles. The Hall–Kier alpha value is -2.01. The minimum absolute atomic E-state index is 0.373. The molecule has 2 N–H and O–H groups in total. The van der Waals surface area contributed by atoms with Crippen molar-refractivity contribution in [2.45, 2.75) is 45.5 Å². The number of ketones is 1. The van der Waals surface area contributed by atoms with Crippen molar-refractivity contribution >= 4 is 5.78 Å². The molecule has 0 aromatic heterocycles. The first kappa shape index (κ1) is 21.0. The van der Waals surface area contributed by atoms with E-state index in [0.29, 0.717) is 23.3 Å². The van der Waals surface area contributed by atoms with Crippen molar-refractivity contribution in [2.24, 2.45) is 0 Å². The highest BCUT2D eigenvalue weighted by molar-refractivity contribution is 6.02. The Morgan fingerprint density at radius 2 is 1.36 bits per heavy atom. The minimum Gasteiger partial charge on any atom is -0.393 e. The first-order valence-electron chi connectivity index (χ1n) is 8.45. The average molecular weight is 344 g/mol. The molecule has 2 aromatic carbocycles. The quantitative estimate of drug-likeness (QED) is 0.786. The van der Waals surface area contributed by atoms with Gasteiger partial charge in [-0.15, -0.1) is 0 Å². The molecule has 0 spiro atoms. The van der Waals surface area contributed by atoms with Crippen LogP contribution in [0.2, 0.25) is 0 Å². The summed E-state index contributed by atoms with van der Waals surface area (Å²) in [6, 6.07) is 16.9. The Morgan fingerprint density at radius 1 is 0.920 bits per heavy atom. The molecule has 136 valence electrons. The van der Waals surface area contributed by atoms with Crippen LogP contribution >= 0.6 is 0 Å². The molecule has 25 heavy (non-hydrogen) atoms. The summed E-state index contributed by atoms with van der Waals surface area (Å²) in [5.41, 5.74) is -1.12. The highest BCUT2D eigenvalue weighted by Crippen LogP contribution is 2.25. The number of aliphatic hydroxyl groups excluding tert-OH is 1. The topological polar surface area (TPSA) is 66.8 Å². The maximum atomic E-state index is 12.3. The summed E-state index contributed by atoms with van der Waals surface area (Å²) >= 11 is 0. The fourth-order valence-corrected chi connectivity index (χ4v) is 2.38. The van der Waals surface area contributed by atoms with Crippen LogP contribution in [0.4, 0.5) is 0 Å². The standard InChI is InChI=1S/C15H14O3.C6H14O/c16-11-15(18,13-9-5-2-6-10-13)14(17)12-7-3-1-4-8-12;1-5(2)7-6(3)4/h1-10,16,18H,11H2;5-6H,1-4H3. The third-order valence-electron chi connectivity index (χ3n) is 3.44. The number of benzene rings is 2. The summed E-state index contributed by atoms with van der Waals surface area (Å²) in [5.74, 6) is -0.503. The predicted molar refractivity (Wildman–Crippen MR) is 99.6 cm³/mol. The van der Waals surface area contributed by atoms with Gasteiger partial charge in [-0.1, -0.05) is 60.7 Å². The average Bonchev–Trinajstić information content (AvgIpc) is 2.61. The van der Waals surface area contributed by atoms with Gasteiger partial charge in [0.1, 0.15) is 0 Å². The Balaban J connectivity index is 0.000000381. The van der Waals surface area contributed by atoms with Crippen molar-refractivity contribution in [2.75, 3.05) is 6.61 Å².